The van der Waals surface area contributed by atoms with E-state index in [-0.39, 0.29) is 5.91 Å². The molecule has 0 aliphatic heterocycles. The third-order valence-corrected chi connectivity index (χ3v) is 4.14. The highest BCUT2D eigenvalue weighted by molar-refractivity contribution is 6.02. The molecular weight excluding hydrogens is 338 g/mol. The molecule has 0 spiro atoms. The van der Waals surface area contributed by atoms with Gasteiger partial charge in [-0.05, 0) is 56.3 Å². The summed E-state index contributed by atoms with van der Waals surface area (Å²) < 4.78 is 1.80. The predicted octanol–water partition coefficient (Wildman–Crippen LogP) is 5.10. The van der Waals surface area contributed by atoms with Crippen LogP contribution in [0.4, 0.5) is 17.1 Å². The van der Waals surface area contributed by atoms with Crippen molar-refractivity contribution in [2.24, 2.45) is 17.3 Å². The molecule has 0 atom stereocenters. The summed E-state index contributed by atoms with van der Waals surface area (Å²) >= 11 is 0. The fourth-order valence-corrected chi connectivity index (χ4v) is 2.60. The molecule has 27 heavy (non-hydrogen) atoms. The largest absolute Gasteiger partial charge is 0.323 e. The van der Waals surface area contributed by atoms with Crippen molar-refractivity contribution >= 4 is 29.0 Å². The van der Waals surface area contributed by atoms with Crippen LogP contribution in [0.1, 0.15) is 17.0 Å². The van der Waals surface area contributed by atoms with E-state index in [1.54, 1.807) is 35.0 Å². The molecule has 136 valence electrons. The Hall–Kier alpha value is -3.54. The summed E-state index contributed by atoms with van der Waals surface area (Å²) in [5, 5.41) is 15.5. The topological polar surface area (TPSA) is 71.6 Å². The molecule has 0 fully saturated rings. The Balaban J connectivity index is 1.61. The highest BCUT2D eigenvalue weighted by atomic mass is 16.1. The van der Waals surface area contributed by atoms with Gasteiger partial charge in [-0.2, -0.15) is 15.3 Å². The molecule has 0 bridgehead atoms. The number of nitrogens with one attached hydrogen (secondary N) is 1. The first-order valence-electron chi connectivity index (χ1n) is 8.59. The van der Waals surface area contributed by atoms with Crippen molar-refractivity contribution in [1.82, 2.24) is 9.78 Å². The fraction of sp³-hybridized carbons (Fsp3) is 0.143. The van der Waals surface area contributed by atoms with E-state index >= 15 is 0 Å². The van der Waals surface area contributed by atoms with Crippen molar-refractivity contribution in [2.45, 2.75) is 13.8 Å². The predicted molar refractivity (Wildman–Crippen MR) is 107 cm³/mol. The summed E-state index contributed by atoms with van der Waals surface area (Å²) in [5.41, 5.74) is 5.08. The van der Waals surface area contributed by atoms with E-state index in [1.807, 2.05) is 51.2 Å². The monoisotopic (exact) mass is 359 g/mol. The summed E-state index contributed by atoms with van der Waals surface area (Å²) in [6.07, 6.45) is 3.30. The highest BCUT2D eigenvalue weighted by Crippen LogP contribution is 2.20. The fourth-order valence-electron chi connectivity index (χ4n) is 2.60. The Morgan fingerprint density at radius 1 is 1.00 bits per heavy atom. The smallest absolute Gasteiger partial charge is 0.248 e. The number of benzene rings is 2. The molecule has 0 unspecified atom stereocenters. The van der Waals surface area contributed by atoms with Crippen molar-refractivity contribution in [3.63, 3.8) is 0 Å². The van der Waals surface area contributed by atoms with Crippen LogP contribution in [0.25, 0.3) is 6.08 Å². The van der Waals surface area contributed by atoms with Gasteiger partial charge in [0.05, 0.1) is 17.1 Å². The molecule has 0 aliphatic rings. The molecule has 1 aromatic heterocycles. The number of nitrogens with zero attached hydrogens (tertiary/aromatic N) is 4. The van der Waals surface area contributed by atoms with Crippen molar-refractivity contribution in [1.29, 1.82) is 0 Å². The lowest BCUT2D eigenvalue weighted by Crippen LogP contribution is -2.07. The molecule has 1 amide bonds. The van der Waals surface area contributed by atoms with E-state index in [4.69, 9.17) is 0 Å². The van der Waals surface area contributed by atoms with Crippen LogP contribution in [0.3, 0.4) is 0 Å². The summed E-state index contributed by atoms with van der Waals surface area (Å²) in [5.74, 6) is -0.198. The zero-order chi connectivity index (χ0) is 19.2. The molecular formula is C21H21N5O. The number of anilines is 1. The number of carbonyl (C=O) groups excluding carboxylic acids is 1. The minimum Gasteiger partial charge on any atom is -0.323 e. The molecule has 1 N–H and O–H groups in total. The average Bonchev–Trinajstić information content (AvgIpc) is 2.92. The van der Waals surface area contributed by atoms with Gasteiger partial charge in [-0.25, -0.2) is 0 Å². The molecule has 0 saturated carbocycles. The molecule has 6 nitrogen and oxygen atoms in total. The number of hydrogen-bond donors (Lipinski definition) is 1. The Morgan fingerprint density at radius 3 is 2.22 bits per heavy atom. The van der Waals surface area contributed by atoms with Gasteiger partial charge >= 0.3 is 0 Å². The second-order valence-electron chi connectivity index (χ2n) is 6.11. The van der Waals surface area contributed by atoms with Crippen LogP contribution in [0.2, 0.25) is 0 Å². The van der Waals surface area contributed by atoms with Gasteiger partial charge in [0.25, 0.3) is 0 Å². The summed E-state index contributed by atoms with van der Waals surface area (Å²) in [6.45, 7) is 3.90. The number of aryl methyl sites for hydroxylation is 2. The van der Waals surface area contributed by atoms with Crippen molar-refractivity contribution in [3.05, 3.63) is 77.6 Å². The molecule has 6 heteroatoms. The van der Waals surface area contributed by atoms with E-state index in [1.165, 1.54) is 6.08 Å². The Labute approximate surface area is 158 Å². The van der Waals surface area contributed by atoms with Gasteiger partial charge in [0.2, 0.25) is 5.91 Å². The molecule has 0 saturated heterocycles. The number of carbonyl (C=O) groups is 1. The second kappa shape index (κ2) is 8.23. The van der Waals surface area contributed by atoms with Crippen LogP contribution in [-0.4, -0.2) is 15.7 Å². The molecule has 2 aromatic carbocycles. The molecule has 3 aromatic rings. The van der Waals surface area contributed by atoms with Crippen LogP contribution in [-0.2, 0) is 11.8 Å². The van der Waals surface area contributed by atoms with E-state index in [0.29, 0.717) is 11.4 Å². The van der Waals surface area contributed by atoms with Crippen molar-refractivity contribution in [3.8, 4) is 0 Å². The lowest BCUT2D eigenvalue weighted by molar-refractivity contribution is -0.111. The highest BCUT2D eigenvalue weighted by Gasteiger charge is 2.06. The molecule has 1 heterocycles. The second-order valence-corrected chi connectivity index (χ2v) is 6.11. The van der Waals surface area contributed by atoms with Crippen LogP contribution in [0, 0.1) is 13.8 Å². The van der Waals surface area contributed by atoms with E-state index in [9.17, 15) is 4.79 Å². The number of hydrogen-bond acceptors (Lipinski definition) is 4. The van der Waals surface area contributed by atoms with E-state index in [0.717, 1.165) is 22.6 Å². The number of rotatable bonds is 5. The zero-order valence-corrected chi connectivity index (χ0v) is 15.5. The minimum absolute atomic E-state index is 0.198. The Kier molecular flexibility index (Phi) is 5.56. The number of amides is 1. The Bertz CT molecular complexity index is 985. The van der Waals surface area contributed by atoms with Crippen molar-refractivity contribution in [2.75, 3.05) is 5.32 Å². The number of aromatic nitrogens is 2. The molecule has 0 aliphatic carbocycles. The van der Waals surface area contributed by atoms with Gasteiger partial charge in [0.1, 0.15) is 0 Å². The van der Waals surface area contributed by atoms with Gasteiger partial charge < -0.3 is 5.32 Å². The first-order valence-corrected chi connectivity index (χ1v) is 8.59. The van der Waals surface area contributed by atoms with Gasteiger partial charge in [-0.3, -0.25) is 9.48 Å². The lowest BCUT2D eigenvalue weighted by Gasteiger charge is -2.02. The lowest BCUT2D eigenvalue weighted by atomic mass is 10.2. The first-order chi connectivity index (χ1) is 13.0. The van der Waals surface area contributed by atoms with Crippen LogP contribution in [0.15, 0.2) is 70.9 Å². The molecule has 3 rings (SSSR count). The van der Waals surface area contributed by atoms with Crippen LogP contribution >= 0.6 is 0 Å². The van der Waals surface area contributed by atoms with Crippen LogP contribution in [0.5, 0.6) is 0 Å². The normalized spacial score (nSPS) is 11.4. The maximum absolute atomic E-state index is 12.1. The van der Waals surface area contributed by atoms with Gasteiger partial charge in [-0.15, -0.1) is 0 Å². The first kappa shape index (κ1) is 18.3. The van der Waals surface area contributed by atoms with E-state index < -0.39 is 0 Å². The van der Waals surface area contributed by atoms with Gasteiger partial charge in [-0.1, -0.05) is 18.2 Å². The third-order valence-electron chi connectivity index (χ3n) is 4.14. The summed E-state index contributed by atoms with van der Waals surface area (Å²) in [4.78, 5) is 12.1. The van der Waals surface area contributed by atoms with Crippen LogP contribution < -0.4 is 5.32 Å². The third kappa shape index (κ3) is 4.76. The van der Waals surface area contributed by atoms with E-state index in [2.05, 4.69) is 20.6 Å². The van der Waals surface area contributed by atoms with Gasteiger partial charge in [0.15, 0.2) is 0 Å². The standard InChI is InChI=1S/C21H21N5O/c1-15-20(16(2)26(3)25-15)13-14-21(27)22-17-9-11-19(12-10-17)24-23-18-7-5-4-6-8-18/h4-14H,1-3H3,(H,22,27)/b14-13+,24-23?. The zero-order valence-electron chi connectivity index (χ0n) is 15.5. The number of azo groups is 1. The SMILES string of the molecule is Cc1nn(C)c(C)c1/C=C/C(=O)Nc1ccc(N=Nc2ccccc2)cc1. The maximum Gasteiger partial charge on any atom is 0.248 e. The summed E-state index contributed by atoms with van der Waals surface area (Å²) in [7, 11) is 1.89. The maximum atomic E-state index is 12.1. The van der Waals surface area contributed by atoms with Crippen molar-refractivity contribution < 1.29 is 4.79 Å². The van der Waals surface area contributed by atoms with Gasteiger partial charge in [0, 0.05) is 30.1 Å². The molecule has 0 radical (unpaired) electrons. The quantitative estimate of drug-likeness (QED) is 0.508. The summed E-state index contributed by atoms with van der Waals surface area (Å²) in [6, 6.07) is 16.7. The Morgan fingerprint density at radius 2 is 1.63 bits per heavy atom. The minimum atomic E-state index is -0.198. The average molecular weight is 359 g/mol.